The molecule has 0 saturated heterocycles. The highest BCUT2D eigenvalue weighted by molar-refractivity contribution is 9.10. The Kier molecular flexibility index (Phi) is 3.99. The van der Waals surface area contributed by atoms with Crippen molar-refractivity contribution in [1.82, 2.24) is 5.16 Å². The van der Waals surface area contributed by atoms with Crippen LogP contribution < -0.4 is 15.2 Å². The Morgan fingerprint density at radius 1 is 1.26 bits per heavy atom. The number of halogens is 1. The lowest BCUT2D eigenvalue weighted by Gasteiger charge is -2.15. The average molecular weight is 327 g/mol. The van der Waals surface area contributed by atoms with Gasteiger partial charge in [-0.05, 0) is 41.9 Å². The Bertz CT molecular complexity index is 581. The smallest absolute Gasteiger partial charge is 0.222 e. The maximum atomic E-state index is 5.72. The summed E-state index contributed by atoms with van der Waals surface area (Å²) in [5.41, 5.74) is 7.01. The van der Waals surface area contributed by atoms with Crippen LogP contribution in [0.3, 0.4) is 0 Å². The average Bonchev–Trinajstić information content (AvgIpc) is 2.77. The van der Waals surface area contributed by atoms with E-state index in [1.54, 1.807) is 13.2 Å². The monoisotopic (exact) mass is 326 g/mol. The predicted molar refractivity (Wildman–Crippen MR) is 76.4 cm³/mol. The van der Waals surface area contributed by atoms with E-state index in [9.17, 15) is 0 Å². The molecule has 1 aromatic heterocycles. The van der Waals surface area contributed by atoms with E-state index in [1.807, 2.05) is 26.0 Å². The first-order chi connectivity index (χ1) is 9.01. The summed E-state index contributed by atoms with van der Waals surface area (Å²) in [6.07, 6.45) is 0.0466. The number of benzene rings is 1. The molecule has 2 aromatic rings. The number of hydrogen-bond acceptors (Lipinski definition) is 5. The van der Waals surface area contributed by atoms with Crippen LogP contribution in [-0.2, 0) is 0 Å². The van der Waals surface area contributed by atoms with E-state index in [1.165, 1.54) is 0 Å². The summed E-state index contributed by atoms with van der Waals surface area (Å²) in [6, 6.07) is 5.34. The Morgan fingerprint density at radius 2 is 2.00 bits per heavy atom. The van der Waals surface area contributed by atoms with Crippen molar-refractivity contribution < 1.29 is 14.0 Å². The van der Waals surface area contributed by atoms with Gasteiger partial charge in [0.25, 0.3) is 0 Å². The van der Waals surface area contributed by atoms with E-state index in [0.717, 1.165) is 10.0 Å². The molecule has 6 heteroatoms. The number of rotatable bonds is 4. The molecule has 0 aliphatic heterocycles. The zero-order valence-corrected chi connectivity index (χ0v) is 12.5. The van der Waals surface area contributed by atoms with Crippen LogP contribution in [0.25, 0.3) is 11.3 Å². The molecule has 0 bridgehead atoms. The van der Waals surface area contributed by atoms with Gasteiger partial charge in [-0.15, -0.1) is 0 Å². The van der Waals surface area contributed by atoms with Gasteiger partial charge in [0.05, 0.1) is 13.2 Å². The minimum Gasteiger partial charge on any atom is -0.493 e. The third kappa shape index (κ3) is 3.01. The summed E-state index contributed by atoms with van der Waals surface area (Å²) in [4.78, 5) is 0. The number of anilines is 1. The van der Waals surface area contributed by atoms with E-state index in [2.05, 4.69) is 21.1 Å². The Labute approximate surface area is 119 Å². The fourth-order valence-corrected chi connectivity index (χ4v) is 2.18. The van der Waals surface area contributed by atoms with Crippen LogP contribution in [0.2, 0.25) is 0 Å². The van der Waals surface area contributed by atoms with Crippen LogP contribution in [0.4, 0.5) is 5.88 Å². The van der Waals surface area contributed by atoms with Crippen molar-refractivity contribution in [1.29, 1.82) is 0 Å². The molecular weight excluding hydrogens is 312 g/mol. The van der Waals surface area contributed by atoms with Gasteiger partial charge in [0, 0.05) is 16.1 Å². The van der Waals surface area contributed by atoms with Gasteiger partial charge in [-0.2, -0.15) is 0 Å². The third-order valence-corrected chi connectivity index (χ3v) is 3.08. The van der Waals surface area contributed by atoms with Gasteiger partial charge in [-0.25, -0.2) is 0 Å². The zero-order chi connectivity index (χ0) is 14.0. The quantitative estimate of drug-likeness (QED) is 0.931. The Morgan fingerprint density at radius 3 is 2.53 bits per heavy atom. The summed E-state index contributed by atoms with van der Waals surface area (Å²) in [7, 11) is 1.60. The highest BCUT2D eigenvalue weighted by atomic mass is 79.9. The van der Waals surface area contributed by atoms with Crippen LogP contribution in [0, 0.1) is 0 Å². The number of methoxy groups -OCH3 is 1. The van der Waals surface area contributed by atoms with Gasteiger partial charge >= 0.3 is 0 Å². The molecular formula is C13H15BrN2O3. The first kappa shape index (κ1) is 13.7. The lowest BCUT2D eigenvalue weighted by molar-refractivity contribution is 0.230. The first-order valence-electron chi connectivity index (χ1n) is 5.78. The molecule has 0 spiro atoms. The maximum Gasteiger partial charge on any atom is 0.222 e. The summed E-state index contributed by atoms with van der Waals surface area (Å²) in [5, 5.41) is 3.90. The molecule has 1 heterocycles. The van der Waals surface area contributed by atoms with Crippen molar-refractivity contribution in [3.05, 3.63) is 22.7 Å². The number of hydrogen-bond donors (Lipinski definition) is 1. The predicted octanol–water partition coefficient (Wildman–Crippen LogP) is 3.48. The third-order valence-electron chi connectivity index (χ3n) is 2.42. The number of nitrogens with two attached hydrogens (primary N) is 1. The highest BCUT2D eigenvalue weighted by Crippen LogP contribution is 2.39. The molecule has 0 unspecified atom stereocenters. The van der Waals surface area contributed by atoms with Crippen molar-refractivity contribution in [3.63, 3.8) is 0 Å². The maximum absolute atomic E-state index is 5.72. The van der Waals surface area contributed by atoms with E-state index in [4.69, 9.17) is 19.7 Å². The lowest BCUT2D eigenvalue weighted by Crippen LogP contribution is -2.07. The van der Waals surface area contributed by atoms with Crippen molar-refractivity contribution in [3.8, 4) is 22.8 Å². The summed E-state index contributed by atoms with van der Waals surface area (Å²) in [6.45, 7) is 3.91. The standard InChI is InChI=1S/C13H15BrN2O3/c1-7(2)18-12-4-8(9(14)5-11(12)17-3)10-6-13(15)19-16-10/h4-7H,15H2,1-3H3. The van der Waals surface area contributed by atoms with Gasteiger partial charge in [-0.1, -0.05) is 5.16 Å². The van der Waals surface area contributed by atoms with Gasteiger partial charge in [-0.3, -0.25) is 0 Å². The molecule has 0 fully saturated rings. The molecule has 0 atom stereocenters. The van der Waals surface area contributed by atoms with Crippen molar-refractivity contribution in [2.75, 3.05) is 12.8 Å². The van der Waals surface area contributed by atoms with E-state index >= 15 is 0 Å². The van der Waals surface area contributed by atoms with Gasteiger partial charge < -0.3 is 19.7 Å². The number of nitrogen functional groups attached to an aromatic ring is 1. The molecule has 19 heavy (non-hydrogen) atoms. The fraction of sp³-hybridized carbons (Fsp3) is 0.308. The lowest BCUT2D eigenvalue weighted by atomic mass is 10.1. The van der Waals surface area contributed by atoms with Gasteiger partial charge in [0.15, 0.2) is 11.5 Å². The van der Waals surface area contributed by atoms with Crippen LogP contribution in [-0.4, -0.2) is 18.4 Å². The Hall–Kier alpha value is -1.69. The van der Waals surface area contributed by atoms with Crippen LogP contribution in [0.5, 0.6) is 11.5 Å². The minimum absolute atomic E-state index is 0.0466. The minimum atomic E-state index is 0.0466. The van der Waals surface area contributed by atoms with Crippen LogP contribution >= 0.6 is 15.9 Å². The molecule has 0 aliphatic carbocycles. The van der Waals surface area contributed by atoms with Crippen LogP contribution in [0.15, 0.2) is 27.2 Å². The van der Waals surface area contributed by atoms with E-state index in [0.29, 0.717) is 17.2 Å². The number of nitrogens with zero attached hydrogens (tertiary/aromatic N) is 1. The highest BCUT2D eigenvalue weighted by Gasteiger charge is 2.15. The largest absolute Gasteiger partial charge is 0.493 e. The second-order valence-electron chi connectivity index (χ2n) is 4.26. The first-order valence-corrected chi connectivity index (χ1v) is 6.57. The van der Waals surface area contributed by atoms with Gasteiger partial charge in [0.2, 0.25) is 5.88 Å². The SMILES string of the molecule is COc1cc(Br)c(-c2cc(N)on2)cc1OC(C)C. The fourth-order valence-electron chi connectivity index (χ4n) is 1.65. The molecule has 0 saturated carbocycles. The topological polar surface area (TPSA) is 70.5 Å². The van der Waals surface area contributed by atoms with E-state index < -0.39 is 0 Å². The molecule has 5 nitrogen and oxygen atoms in total. The molecule has 0 aliphatic rings. The van der Waals surface area contributed by atoms with Crippen molar-refractivity contribution >= 4 is 21.8 Å². The molecule has 2 N–H and O–H groups in total. The second kappa shape index (κ2) is 5.52. The van der Waals surface area contributed by atoms with Crippen LogP contribution in [0.1, 0.15) is 13.8 Å². The van der Waals surface area contributed by atoms with Crippen molar-refractivity contribution in [2.45, 2.75) is 20.0 Å². The zero-order valence-electron chi connectivity index (χ0n) is 10.9. The Balaban J connectivity index is 2.49. The molecule has 1 aromatic carbocycles. The summed E-state index contributed by atoms with van der Waals surface area (Å²) >= 11 is 3.48. The molecule has 2 rings (SSSR count). The van der Waals surface area contributed by atoms with Crippen molar-refractivity contribution in [2.24, 2.45) is 0 Å². The summed E-state index contributed by atoms with van der Waals surface area (Å²) in [5.74, 6) is 1.57. The molecule has 102 valence electrons. The molecule has 0 amide bonds. The molecule has 0 radical (unpaired) electrons. The number of aromatic nitrogens is 1. The van der Waals surface area contributed by atoms with E-state index in [-0.39, 0.29) is 12.0 Å². The summed E-state index contributed by atoms with van der Waals surface area (Å²) < 4.78 is 16.7. The number of ether oxygens (including phenoxy) is 2. The second-order valence-corrected chi connectivity index (χ2v) is 5.12. The normalized spacial score (nSPS) is 10.8. The van der Waals surface area contributed by atoms with Gasteiger partial charge in [0.1, 0.15) is 5.69 Å².